The van der Waals surface area contributed by atoms with Crippen molar-refractivity contribution in [2.45, 2.75) is 19.1 Å². The Morgan fingerprint density at radius 3 is 2.33 bits per heavy atom. The van der Waals surface area contributed by atoms with E-state index in [-0.39, 0.29) is 24.1 Å². The molecule has 0 spiro atoms. The highest BCUT2D eigenvalue weighted by Gasteiger charge is 2.30. The molecule has 7 heteroatoms. The number of benzene rings is 2. The van der Waals surface area contributed by atoms with Gasteiger partial charge in [-0.2, -0.15) is 13.2 Å². The third-order valence-corrected chi connectivity index (χ3v) is 3.28. The molecule has 2 aromatic rings. The third kappa shape index (κ3) is 4.84. The van der Waals surface area contributed by atoms with E-state index in [1.807, 2.05) is 0 Å². The van der Waals surface area contributed by atoms with E-state index in [2.05, 4.69) is 5.32 Å². The Kier molecular flexibility index (Phi) is 5.23. The molecule has 0 saturated carbocycles. The van der Waals surface area contributed by atoms with Gasteiger partial charge in [0.15, 0.2) is 0 Å². The molecule has 0 bridgehead atoms. The van der Waals surface area contributed by atoms with Crippen LogP contribution in [0.2, 0.25) is 0 Å². The van der Waals surface area contributed by atoms with E-state index in [9.17, 15) is 22.8 Å². The number of aromatic carboxylic acids is 1. The average Bonchev–Trinajstić information content (AvgIpc) is 2.52. The summed E-state index contributed by atoms with van der Waals surface area (Å²) < 4.78 is 37.9. The summed E-state index contributed by atoms with van der Waals surface area (Å²) in [5.41, 5.74) is 0.135. The quantitative estimate of drug-likeness (QED) is 0.880. The summed E-state index contributed by atoms with van der Waals surface area (Å²) >= 11 is 0. The maximum Gasteiger partial charge on any atom is 0.416 e. The first-order valence-electron chi connectivity index (χ1n) is 7.01. The van der Waals surface area contributed by atoms with Crippen LogP contribution in [0.3, 0.4) is 0 Å². The first kappa shape index (κ1) is 17.5. The van der Waals surface area contributed by atoms with E-state index in [4.69, 9.17) is 5.11 Å². The maximum atomic E-state index is 12.6. The summed E-state index contributed by atoms with van der Waals surface area (Å²) in [5, 5.41) is 11.5. The summed E-state index contributed by atoms with van der Waals surface area (Å²) in [6.07, 6.45) is -4.65. The van der Waals surface area contributed by atoms with Crippen LogP contribution in [-0.2, 0) is 23.9 Å². The number of halogens is 3. The topological polar surface area (TPSA) is 66.4 Å². The number of hydrogen-bond acceptors (Lipinski definition) is 2. The molecule has 2 rings (SSSR count). The molecule has 0 aromatic heterocycles. The summed E-state index contributed by atoms with van der Waals surface area (Å²) in [4.78, 5) is 22.7. The molecule has 0 radical (unpaired) electrons. The predicted molar refractivity (Wildman–Crippen MR) is 80.4 cm³/mol. The lowest BCUT2D eigenvalue weighted by atomic mass is 10.1. The third-order valence-electron chi connectivity index (χ3n) is 3.28. The average molecular weight is 337 g/mol. The van der Waals surface area contributed by atoms with E-state index >= 15 is 0 Å². The van der Waals surface area contributed by atoms with Gasteiger partial charge in [-0.3, -0.25) is 4.79 Å². The Balaban J connectivity index is 1.97. The molecular formula is C17H14F3NO3. The first-order chi connectivity index (χ1) is 11.3. The second-order valence-electron chi connectivity index (χ2n) is 5.16. The van der Waals surface area contributed by atoms with Crippen molar-refractivity contribution in [3.8, 4) is 0 Å². The molecular weight excluding hydrogens is 323 g/mol. The van der Waals surface area contributed by atoms with Crippen molar-refractivity contribution in [3.63, 3.8) is 0 Å². The van der Waals surface area contributed by atoms with Gasteiger partial charge in [0.05, 0.1) is 17.5 Å². The number of carbonyl (C=O) groups is 2. The highest BCUT2D eigenvalue weighted by atomic mass is 19.4. The molecule has 0 aliphatic heterocycles. The number of amides is 1. The number of hydrogen-bond donors (Lipinski definition) is 2. The maximum absolute atomic E-state index is 12.6. The van der Waals surface area contributed by atoms with Crippen LogP contribution in [0.15, 0.2) is 48.5 Å². The summed E-state index contributed by atoms with van der Waals surface area (Å²) in [7, 11) is 0. The van der Waals surface area contributed by atoms with Gasteiger partial charge < -0.3 is 10.4 Å². The summed E-state index contributed by atoms with van der Waals surface area (Å²) in [5.74, 6) is -1.53. The molecule has 0 heterocycles. The molecule has 4 nitrogen and oxygen atoms in total. The highest BCUT2D eigenvalue weighted by Crippen LogP contribution is 2.29. The number of carboxylic acids is 1. The second-order valence-corrected chi connectivity index (χ2v) is 5.16. The van der Waals surface area contributed by atoms with Crippen LogP contribution >= 0.6 is 0 Å². The monoisotopic (exact) mass is 337 g/mol. The Hall–Kier alpha value is -2.83. The number of rotatable bonds is 5. The van der Waals surface area contributed by atoms with Gasteiger partial charge in [-0.1, -0.05) is 30.3 Å². The fraction of sp³-hybridized carbons (Fsp3) is 0.176. The second kappa shape index (κ2) is 7.16. The van der Waals surface area contributed by atoms with Crippen LogP contribution < -0.4 is 5.32 Å². The fourth-order valence-corrected chi connectivity index (χ4v) is 2.12. The van der Waals surface area contributed by atoms with E-state index in [1.165, 1.54) is 24.3 Å². The minimum atomic E-state index is -4.45. The molecule has 0 fully saturated rings. The van der Waals surface area contributed by atoms with E-state index in [0.717, 1.165) is 12.1 Å². The molecule has 24 heavy (non-hydrogen) atoms. The van der Waals surface area contributed by atoms with Crippen molar-refractivity contribution in [2.24, 2.45) is 0 Å². The first-order valence-corrected chi connectivity index (χ1v) is 7.01. The smallest absolute Gasteiger partial charge is 0.416 e. The van der Waals surface area contributed by atoms with Crippen LogP contribution in [0.25, 0.3) is 0 Å². The van der Waals surface area contributed by atoms with Crippen molar-refractivity contribution >= 4 is 11.9 Å². The van der Waals surface area contributed by atoms with Crippen LogP contribution in [0.4, 0.5) is 13.2 Å². The Morgan fingerprint density at radius 2 is 1.67 bits per heavy atom. The molecule has 0 unspecified atom stereocenters. The zero-order valence-corrected chi connectivity index (χ0v) is 12.4. The fourth-order valence-electron chi connectivity index (χ4n) is 2.12. The molecule has 0 aliphatic carbocycles. The van der Waals surface area contributed by atoms with Crippen molar-refractivity contribution in [1.82, 2.24) is 5.32 Å². The van der Waals surface area contributed by atoms with Gasteiger partial charge in [0.2, 0.25) is 5.91 Å². The Labute approximate surface area is 135 Å². The molecule has 126 valence electrons. The predicted octanol–water partition coefficient (Wildman–Crippen LogP) is 3.26. The van der Waals surface area contributed by atoms with Gasteiger partial charge in [0, 0.05) is 6.54 Å². The van der Waals surface area contributed by atoms with Gasteiger partial charge in [0.25, 0.3) is 0 Å². The largest absolute Gasteiger partial charge is 0.478 e. The minimum absolute atomic E-state index is 0.0961. The summed E-state index contributed by atoms with van der Waals surface area (Å²) in [6.45, 7) is 0.0961. The zero-order chi connectivity index (χ0) is 17.7. The Bertz CT molecular complexity index is 757. The lowest BCUT2D eigenvalue weighted by Crippen LogP contribution is -2.24. The minimum Gasteiger partial charge on any atom is -0.478 e. The van der Waals surface area contributed by atoms with E-state index < -0.39 is 23.6 Å². The Morgan fingerprint density at radius 1 is 1.00 bits per heavy atom. The number of carbonyl (C=O) groups excluding carboxylic acids is 1. The van der Waals surface area contributed by atoms with Crippen molar-refractivity contribution in [1.29, 1.82) is 0 Å². The van der Waals surface area contributed by atoms with Crippen LogP contribution in [-0.4, -0.2) is 17.0 Å². The van der Waals surface area contributed by atoms with Crippen molar-refractivity contribution in [2.75, 3.05) is 0 Å². The van der Waals surface area contributed by atoms with Gasteiger partial charge in [0.1, 0.15) is 0 Å². The molecule has 0 aliphatic rings. The van der Waals surface area contributed by atoms with Crippen molar-refractivity contribution in [3.05, 3.63) is 70.8 Å². The summed E-state index contributed by atoms with van der Waals surface area (Å²) in [6, 6.07) is 10.6. The zero-order valence-electron chi connectivity index (χ0n) is 12.4. The lowest BCUT2D eigenvalue weighted by molar-refractivity contribution is -0.137. The number of nitrogens with one attached hydrogen (secondary N) is 1. The standard InChI is InChI=1S/C17H14F3NO3/c18-17(19,20)14-6-2-3-11(8-14)9-15(22)21-10-12-4-1-5-13(7-12)16(23)24/h1-8H,9-10H2,(H,21,22)(H,23,24). The normalized spacial score (nSPS) is 11.1. The van der Waals surface area contributed by atoms with Crippen LogP contribution in [0.5, 0.6) is 0 Å². The molecule has 1 amide bonds. The highest BCUT2D eigenvalue weighted by molar-refractivity contribution is 5.87. The van der Waals surface area contributed by atoms with E-state index in [1.54, 1.807) is 12.1 Å². The van der Waals surface area contributed by atoms with Crippen LogP contribution in [0, 0.1) is 0 Å². The van der Waals surface area contributed by atoms with Gasteiger partial charge in [-0.25, -0.2) is 4.79 Å². The van der Waals surface area contributed by atoms with Crippen LogP contribution in [0.1, 0.15) is 27.0 Å². The SMILES string of the molecule is O=C(Cc1cccc(C(F)(F)F)c1)NCc1cccc(C(=O)O)c1. The van der Waals surface area contributed by atoms with Gasteiger partial charge in [-0.15, -0.1) is 0 Å². The van der Waals surface area contributed by atoms with Crippen molar-refractivity contribution < 1.29 is 27.9 Å². The molecule has 2 aromatic carbocycles. The number of carboxylic acid groups (broad SMARTS) is 1. The molecule has 0 atom stereocenters. The lowest BCUT2D eigenvalue weighted by Gasteiger charge is -2.09. The number of alkyl halides is 3. The van der Waals surface area contributed by atoms with Gasteiger partial charge >= 0.3 is 12.1 Å². The van der Waals surface area contributed by atoms with Gasteiger partial charge in [-0.05, 0) is 29.3 Å². The van der Waals surface area contributed by atoms with E-state index in [0.29, 0.717) is 5.56 Å². The molecule has 0 saturated heterocycles. The molecule has 2 N–H and O–H groups in total.